The minimum Gasteiger partial charge on any atom is -0.396 e. The average Bonchev–Trinajstić information content (AvgIpc) is 3.49. The number of carbonyl (C=O) groups excluding carboxylic acids is 1. The molecule has 1 saturated carbocycles. The maximum Gasteiger partial charge on any atom is 0.284 e. The Morgan fingerprint density at radius 2 is 1.97 bits per heavy atom. The molecule has 2 saturated heterocycles. The van der Waals surface area contributed by atoms with Crippen LogP contribution in [0.5, 0.6) is 0 Å². The molecule has 1 amide bonds. The number of nitrogens with zero attached hydrogens (tertiary/aromatic N) is 6. The van der Waals surface area contributed by atoms with E-state index in [9.17, 15) is 18.7 Å². The summed E-state index contributed by atoms with van der Waals surface area (Å²) in [6, 6.07) is 2.37. The first kappa shape index (κ1) is 22.4. The number of aliphatic hydroxyl groups excluding tert-OH is 1. The molecule has 0 aromatic carbocycles. The third-order valence-corrected chi connectivity index (χ3v) is 7.48. The molecule has 0 radical (unpaired) electrons. The molecular formula is C23H27F2N7O3. The van der Waals surface area contributed by atoms with E-state index in [0.717, 1.165) is 37.9 Å². The second kappa shape index (κ2) is 8.83. The zero-order valence-electron chi connectivity index (χ0n) is 19.1. The minimum atomic E-state index is -2.83. The number of anilines is 2. The Labute approximate surface area is 199 Å². The number of hydrogen-bond acceptors (Lipinski definition) is 7. The van der Waals surface area contributed by atoms with Crippen molar-refractivity contribution in [3.8, 4) is 0 Å². The first-order valence-corrected chi connectivity index (χ1v) is 12.0. The molecule has 2 atom stereocenters. The number of carbonyl (C=O) groups is 1. The number of morpholine rings is 1. The Morgan fingerprint density at radius 1 is 1.20 bits per heavy atom. The van der Waals surface area contributed by atoms with E-state index in [-0.39, 0.29) is 41.9 Å². The van der Waals surface area contributed by atoms with Crippen molar-refractivity contribution in [2.75, 3.05) is 30.0 Å². The van der Waals surface area contributed by atoms with Crippen LogP contribution in [-0.4, -0.2) is 67.3 Å². The lowest BCUT2D eigenvalue weighted by atomic mass is 9.87. The van der Waals surface area contributed by atoms with Crippen molar-refractivity contribution in [2.45, 2.75) is 56.7 Å². The normalized spacial score (nSPS) is 26.2. The number of fused-ring (bicyclic) bond motifs is 3. The van der Waals surface area contributed by atoms with Crippen molar-refractivity contribution < 1.29 is 23.4 Å². The van der Waals surface area contributed by atoms with Gasteiger partial charge in [0, 0.05) is 19.0 Å². The van der Waals surface area contributed by atoms with Crippen molar-refractivity contribution >= 4 is 23.1 Å². The van der Waals surface area contributed by atoms with Crippen LogP contribution in [-0.2, 0) is 4.74 Å². The summed E-state index contributed by atoms with van der Waals surface area (Å²) in [5, 5.41) is 20.3. The van der Waals surface area contributed by atoms with E-state index < -0.39 is 18.0 Å². The molecule has 2 unspecified atom stereocenters. The molecule has 186 valence electrons. The van der Waals surface area contributed by atoms with Crippen molar-refractivity contribution in [3.05, 3.63) is 35.9 Å². The fourth-order valence-corrected chi connectivity index (χ4v) is 5.51. The third-order valence-electron chi connectivity index (χ3n) is 7.48. The highest BCUT2D eigenvalue weighted by Gasteiger charge is 2.43. The van der Waals surface area contributed by atoms with Gasteiger partial charge in [0.15, 0.2) is 11.3 Å². The summed E-state index contributed by atoms with van der Waals surface area (Å²) < 4.78 is 36.1. The van der Waals surface area contributed by atoms with Crippen LogP contribution in [0.4, 0.5) is 20.3 Å². The van der Waals surface area contributed by atoms with Gasteiger partial charge in [-0.2, -0.15) is 10.2 Å². The SMILES string of the molecule is O=C(Nc1cn(C2CCC(CO)CC2)nc1C(F)F)c1cnn2ccc(N3C4COCC3C4)nc12. The second-order valence-corrected chi connectivity index (χ2v) is 9.62. The number of aromatic nitrogens is 5. The van der Waals surface area contributed by atoms with E-state index in [0.29, 0.717) is 18.9 Å². The van der Waals surface area contributed by atoms with Crippen molar-refractivity contribution in [3.63, 3.8) is 0 Å². The van der Waals surface area contributed by atoms with Gasteiger partial charge in [0.25, 0.3) is 12.3 Å². The molecule has 0 spiro atoms. The van der Waals surface area contributed by atoms with Gasteiger partial charge < -0.3 is 20.1 Å². The van der Waals surface area contributed by atoms with Crippen LogP contribution in [0.25, 0.3) is 5.65 Å². The monoisotopic (exact) mass is 487 g/mol. The van der Waals surface area contributed by atoms with Gasteiger partial charge in [0.2, 0.25) is 0 Å². The van der Waals surface area contributed by atoms with Crippen LogP contribution in [0.3, 0.4) is 0 Å². The smallest absolute Gasteiger partial charge is 0.284 e. The molecule has 6 rings (SSSR count). The predicted octanol–water partition coefficient (Wildman–Crippen LogP) is 2.82. The van der Waals surface area contributed by atoms with E-state index in [1.165, 1.54) is 21.6 Å². The summed E-state index contributed by atoms with van der Waals surface area (Å²) in [5.41, 5.74) is 0.0878. The molecule has 3 fully saturated rings. The molecule has 12 heteroatoms. The average molecular weight is 488 g/mol. The predicted molar refractivity (Wildman–Crippen MR) is 122 cm³/mol. The Morgan fingerprint density at radius 3 is 2.66 bits per heavy atom. The first-order valence-electron chi connectivity index (χ1n) is 12.0. The number of aliphatic hydroxyl groups is 1. The number of hydrogen-bond donors (Lipinski definition) is 2. The van der Waals surface area contributed by atoms with Gasteiger partial charge in [-0.05, 0) is 44.1 Å². The van der Waals surface area contributed by atoms with Crippen molar-refractivity contribution in [2.24, 2.45) is 5.92 Å². The van der Waals surface area contributed by atoms with Crippen LogP contribution in [0.1, 0.15) is 60.6 Å². The van der Waals surface area contributed by atoms with Crippen LogP contribution in [0.2, 0.25) is 0 Å². The van der Waals surface area contributed by atoms with Crippen molar-refractivity contribution in [1.82, 2.24) is 24.4 Å². The quantitative estimate of drug-likeness (QED) is 0.550. The van der Waals surface area contributed by atoms with Gasteiger partial charge in [-0.25, -0.2) is 18.3 Å². The third kappa shape index (κ3) is 3.94. The molecule has 2 aliphatic heterocycles. The lowest BCUT2D eigenvalue weighted by Gasteiger charge is -2.53. The van der Waals surface area contributed by atoms with E-state index in [2.05, 4.69) is 25.4 Å². The highest BCUT2D eigenvalue weighted by molar-refractivity contribution is 6.08. The van der Waals surface area contributed by atoms with E-state index in [1.807, 2.05) is 6.07 Å². The summed E-state index contributed by atoms with van der Waals surface area (Å²) in [5.74, 6) is 0.422. The molecule has 2 N–H and O–H groups in total. The van der Waals surface area contributed by atoms with E-state index >= 15 is 0 Å². The van der Waals surface area contributed by atoms with Gasteiger partial charge in [0.1, 0.15) is 11.4 Å². The summed E-state index contributed by atoms with van der Waals surface area (Å²) in [7, 11) is 0. The summed E-state index contributed by atoms with van der Waals surface area (Å²) in [6.07, 6.45) is 5.96. The van der Waals surface area contributed by atoms with Crippen LogP contribution in [0, 0.1) is 5.92 Å². The van der Waals surface area contributed by atoms with Crippen LogP contribution in [0.15, 0.2) is 24.7 Å². The molecule has 3 aliphatic rings. The topological polar surface area (TPSA) is 110 Å². The largest absolute Gasteiger partial charge is 0.396 e. The minimum absolute atomic E-state index is 0.0146. The van der Waals surface area contributed by atoms with E-state index in [1.54, 1.807) is 6.20 Å². The van der Waals surface area contributed by atoms with Crippen molar-refractivity contribution in [1.29, 1.82) is 0 Å². The Balaban J connectivity index is 1.24. The van der Waals surface area contributed by atoms with E-state index in [4.69, 9.17) is 4.74 Å². The molecule has 35 heavy (non-hydrogen) atoms. The molecule has 2 bridgehead atoms. The number of nitrogens with one attached hydrogen (secondary N) is 1. The van der Waals surface area contributed by atoms with Gasteiger partial charge >= 0.3 is 0 Å². The number of ether oxygens (including phenoxy) is 1. The van der Waals surface area contributed by atoms with Gasteiger partial charge in [-0.3, -0.25) is 9.48 Å². The summed E-state index contributed by atoms with van der Waals surface area (Å²) >= 11 is 0. The van der Waals surface area contributed by atoms with Gasteiger partial charge in [0.05, 0.1) is 43.2 Å². The Kier molecular flexibility index (Phi) is 5.64. The molecule has 5 heterocycles. The zero-order chi connectivity index (χ0) is 24.1. The molecule has 1 aliphatic carbocycles. The standard InChI is InChI=1S/C23H27F2N7O3/c24-21(25)20-18(9-31(29-20)14-3-1-13(10-33)2-4-14)27-23(34)17-8-26-30-6-5-19(28-22(17)30)32-15-7-16(32)12-35-11-15/h5-6,8-9,13-16,21,33H,1-4,7,10-12H2,(H,27,34). The fourth-order valence-electron chi connectivity index (χ4n) is 5.51. The number of amides is 1. The number of alkyl halides is 2. The fraction of sp³-hybridized carbons (Fsp3) is 0.565. The summed E-state index contributed by atoms with van der Waals surface area (Å²) in [4.78, 5) is 20.0. The van der Waals surface area contributed by atoms with Crippen LogP contribution >= 0.6 is 0 Å². The Hall–Kier alpha value is -3.12. The number of rotatable bonds is 6. The lowest BCUT2D eigenvalue weighted by molar-refractivity contribution is 0.00972. The molecule has 3 aromatic rings. The maximum absolute atomic E-state index is 13.8. The zero-order valence-corrected chi connectivity index (χ0v) is 19.1. The molecular weight excluding hydrogens is 460 g/mol. The number of halogens is 2. The maximum atomic E-state index is 13.8. The lowest BCUT2D eigenvalue weighted by Crippen LogP contribution is -2.64. The second-order valence-electron chi connectivity index (χ2n) is 9.62. The van der Waals surface area contributed by atoms with Gasteiger partial charge in [-0.1, -0.05) is 0 Å². The first-order chi connectivity index (χ1) is 17.0. The molecule has 10 nitrogen and oxygen atoms in total. The highest BCUT2D eigenvalue weighted by atomic mass is 19.3. The van der Waals surface area contributed by atoms with Gasteiger partial charge in [-0.15, -0.1) is 0 Å². The summed E-state index contributed by atoms with van der Waals surface area (Å²) in [6.45, 7) is 1.44. The highest BCUT2D eigenvalue weighted by Crippen LogP contribution is 2.36. The van der Waals surface area contributed by atoms with Crippen LogP contribution < -0.4 is 10.2 Å². The molecule has 3 aromatic heterocycles. The Bertz CT molecular complexity index is 1220.